The van der Waals surface area contributed by atoms with Crippen molar-refractivity contribution in [3.8, 4) is 11.5 Å². The Balaban J connectivity index is 1.95. The van der Waals surface area contributed by atoms with Crippen molar-refractivity contribution in [2.45, 2.75) is 4.90 Å². The first-order valence-corrected chi connectivity index (χ1v) is 11.2. The third kappa shape index (κ3) is 6.20. The van der Waals surface area contributed by atoms with Gasteiger partial charge in [0.15, 0.2) is 11.5 Å². The van der Waals surface area contributed by atoms with Crippen LogP contribution in [0, 0.1) is 0 Å². The van der Waals surface area contributed by atoms with E-state index in [4.69, 9.17) is 14.6 Å². The Kier molecular flexibility index (Phi) is 7.47. The summed E-state index contributed by atoms with van der Waals surface area (Å²) in [6, 6.07) is 15.2. The summed E-state index contributed by atoms with van der Waals surface area (Å²) >= 11 is 0. The third-order valence-corrected chi connectivity index (χ3v) is 5.83. The summed E-state index contributed by atoms with van der Waals surface area (Å²) in [6.07, 6.45) is 7.50. The SMILES string of the molecule is COc1cc(/C=C/C(=O)O)cc(S(=O)(=O)Nc2cccc(/C=C/c3ccccn3)c2)c1OC. The summed E-state index contributed by atoms with van der Waals surface area (Å²) in [5, 5.41) is 8.89. The Morgan fingerprint density at radius 2 is 1.79 bits per heavy atom. The van der Waals surface area contributed by atoms with Crippen molar-refractivity contribution in [2.75, 3.05) is 18.9 Å². The van der Waals surface area contributed by atoms with Gasteiger partial charge < -0.3 is 14.6 Å². The van der Waals surface area contributed by atoms with Gasteiger partial charge in [-0.25, -0.2) is 13.2 Å². The largest absolute Gasteiger partial charge is 0.493 e. The first kappa shape index (κ1) is 23.6. The summed E-state index contributed by atoms with van der Waals surface area (Å²) in [6.45, 7) is 0. The van der Waals surface area contributed by atoms with E-state index in [1.165, 1.54) is 32.4 Å². The molecule has 0 amide bonds. The van der Waals surface area contributed by atoms with Gasteiger partial charge in [0.2, 0.25) is 0 Å². The van der Waals surface area contributed by atoms with Gasteiger partial charge in [0.1, 0.15) is 4.90 Å². The number of carbonyl (C=O) groups is 1. The molecule has 0 spiro atoms. The molecule has 1 heterocycles. The molecule has 2 N–H and O–H groups in total. The zero-order valence-corrected chi connectivity index (χ0v) is 18.7. The number of hydrogen-bond donors (Lipinski definition) is 2. The highest BCUT2D eigenvalue weighted by Gasteiger charge is 2.24. The predicted molar refractivity (Wildman–Crippen MR) is 127 cm³/mol. The number of rotatable bonds is 9. The Bertz CT molecular complexity index is 1300. The van der Waals surface area contributed by atoms with Gasteiger partial charge in [0.25, 0.3) is 10.0 Å². The van der Waals surface area contributed by atoms with Crippen LogP contribution in [0.4, 0.5) is 5.69 Å². The molecule has 8 nitrogen and oxygen atoms in total. The van der Waals surface area contributed by atoms with E-state index in [0.29, 0.717) is 11.3 Å². The number of aliphatic carboxylic acids is 1. The van der Waals surface area contributed by atoms with E-state index in [-0.39, 0.29) is 16.4 Å². The van der Waals surface area contributed by atoms with Crippen LogP contribution >= 0.6 is 0 Å². The van der Waals surface area contributed by atoms with Crippen molar-refractivity contribution in [1.82, 2.24) is 4.98 Å². The van der Waals surface area contributed by atoms with Crippen LogP contribution in [0.5, 0.6) is 11.5 Å². The normalized spacial score (nSPS) is 11.6. The molecule has 0 unspecified atom stereocenters. The van der Waals surface area contributed by atoms with Crippen LogP contribution in [-0.4, -0.2) is 38.7 Å². The number of nitrogens with one attached hydrogen (secondary N) is 1. The van der Waals surface area contributed by atoms with Gasteiger partial charge in [-0.15, -0.1) is 0 Å². The number of benzene rings is 2. The van der Waals surface area contributed by atoms with Gasteiger partial charge in [0.05, 0.1) is 19.9 Å². The number of anilines is 1. The maximum Gasteiger partial charge on any atom is 0.328 e. The first-order chi connectivity index (χ1) is 15.8. The van der Waals surface area contributed by atoms with Crippen LogP contribution in [0.2, 0.25) is 0 Å². The average Bonchev–Trinajstić information content (AvgIpc) is 2.81. The summed E-state index contributed by atoms with van der Waals surface area (Å²) in [4.78, 5) is 14.9. The van der Waals surface area contributed by atoms with Crippen molar-refractivity contribution in [3.63, 3.8) is 0 Å². The molecular weight excluding hydrogens is 444 g/mol. The third-order valence-electron chi connectivity index (χ3n) is 4.45. The molecule has 0 bridgehead atoms. The average molecular weight is 467 g/mol. The zero-order valence-electron chi connectivity index (χ0n) is 17.9. The number of aromatic nitrogens is 1. The van der Waals surface area contributed by atoms with Crippen molar-refractivity contribution in [2.24, 2.45) is 0 Å². The van der Waals surface area contributed by atoms with Crippen molar-refractivity contribution in [1.29, 1.82) is 0 Å². The maximum absolute atomic E-state index is 13.2. The molecule has 1 aromatic heterocycles. The Labute approximate surface area is 191 Å². The van der Waals surface area contributed by atoms with Crippen molar-refractivity contribution >= 4 is 39.9 Å². The van der Waals surface area contributed by atoms with E-state index in [9.17, 15) is 13.2 Å². The quantitative estimate of drug-likeness (QED) is 0.455. The van der Waals surface area contributed by atoms with Crippen LogP contribution in [0.3, 0.4) is 0 Å². The Morgan fingerprint density at radius 3 is 2.45 bits per heavy atom. The van der Waals surface area contributed by atoms with Crippen LogP contribution in [0.25, 0.3) is 18.2 Å². The van der Waals surface area contributed by atoms with Crippen molar-refractivity contribution < 1.29 is 27.8 Å². The number of carboxylic acid groups (broad SMARTS) is 1. The summed E-state index contributed by atoms with van der Waals surface area (Å²) < 4.78 is 39.5. The molecule has 3 rings (SSSR count). The zero-order chi connectivity index (χ0) is 23.8. The molecule has 0 radical (unpaired) electrons. The molecule has 0 aliphatic heterocycles. The number of methoxy groups -OCH3 is 2. The highest BCUT2D eigenvalue weighted by molar-refractivity contribution is 7.92. The minimum Gasteiger partial charge on any atom is -0.493 e. The second-order valence-electron chi connectivity index (χ2n) is 6.75. The minimum atomic E-state index is -4.11. The fourth-order valence-electron chi connectivity index (χ4n) is 2.99. The topological polar surface area (TPSA) is 115 Å². The molecule has 9 heteroatoms. The highest BCUT2D eigenvalue weighted by Crippen LogP contribution is 2.37. The first-order valence-electron chi connectivity index (χ1n) is 9.71. The van der Waals surface area contributed by atoms with E-state index in [2.05, 4.69) is 9.71 Å². The van der Waals surface area contributed by atoms with E-state index >= 15 is 0 Å². The molecular formula is C24H22N2O6S. The van der Waals surface area contributed by atoms with Gasteiger partial charge in [0, 0.05) is 18.0 Å². The van der Waals surface area contributed by atoms with Crippen LogP contribution in [0.1, 0.15) is 16.8 Å². The molecule has 0 fully saturated rings. The molecule has 170 valence electrons. The fourth-order valence-corrected chi connectivity index (χ4v) is 4.25. The predicted octanol–water partition coefficient (Wildman–Crippen LogP) is 4.17. The molecule has 33 heavy (non-hydrogen) atoms. The van der Waals surface area contributed by atoms with Gasteiger partial charge >= 0.3 is 5.97 Å². The Morgan fingerprint density at radius 1 is 0.970 bits per heavy atom. The lowest BCUT2D eigenvalue weighted by Crippen LogP contribution is -2.15. The molecule has 0 aliphatic carbocycles. The smallest absolute Gasteiger partial charge is 0.328 e. The number of nitrogens with zero attached hydrogens (tertiary/aromatic N) is 1. The van der Waals surface area contributed by atoms with Gasteiger partial charge in [-0.3, -0.25) is 9.71 Å². The van der Waals surface area contributed by atoms with Crippen LogP contribution in [-0.2, 0) is 14.8 Å². The minimum absolute atomic E-state index is 0.00341. The number of carboxylic acids is 1. The summed E-state index contributed by atoms with van der Waals surface area (Å²) in [5.74, 6) is -1.01. The summed E-state index contributed by atoms with van der Waals surface area (Å²) in [5.41, 5.74) is 2.20. The lowest BCUT2D eigenvalue weighted by atomic mass is 10.2. The van der Waals surface area contributed by atoms with E-state index in [0.717, 1.165) is 17.3 Å². The lowest BCUT2D eigenvalue weighted by Gasteiger charge is -2.15. The second-order valence-corrected chi connectivity index (χ2v) is 8.40. The molecule has 0 aliphatic rings. The van der Waals surface area contributed by atoms with Gasteiger partial charge in [-0.1, -0.05) is 24.3 Å². The van der Waals surface area contributed by atoms with Gasteiger partial charge in [-0.05, 0) is 59.7 Å². The number of sulfonamides is 1. The van der Waals surface area contributed by atoms with Crippen LogP contribution < -0.4 is 14.2 Å². The fraction of sp³-hybridized carbons (Fsp3) is 0.0833. The van der Waals surface area contributed by atoms with Gasteiger partial charge in [-0.2, -0.15) is 0 Å². The molecule has 0 atom stereocenters. The summed E-state index contributed by atoms with van der Waals surface area (Å²) in [7, 11) is -1.42. The van der Waals surface area contributed by atoms with Crippen LogP contribution in [0.15, 0.2) is 71.8 Å². The van der Waals surface area contributed by atoms with E-state index in [1.54, 1.807) is 24.4 Å². The molecule has 0 saturated heterocycles. The number of pyridine rings is 1. The molecule has 0 saturated carbocycles. The maximum atomic E-state index is 13.2. The monoisotopic (exact) mass is 466 g/mol. The lowest BCUT2D eigenvalue weighted by molar-refractivity contribution is -0.131. The number of ether oxygens (including phenoxy) is 2. The van der Waals surface area contributed by atoms with Crippen molar-refractivity contribution in [3.05, 3.63) is 83.7 Å². The highest BCUT2D eigenvalue weighted by atomic mass is 32.2. The second kappa shape index (κ2) is 10.5. The van der Waals surface area contributed by atoms with E-state index < -0.39 is 16.0 Å². The Hall–Kier alpha value is -4.11. The number of hydrogen-bond acceptors (Lipinski definition) is 6. The molecule has 3 aromatic rings. The van der Waals surface area contributed by atoms with E-state index in [1.807, 2.05) is 36.4 Å². The standard InChI is InChI=1S/C24H22N2O6S/c1-31-21-15-18(10-12-23(27)28)16-22(24(21)32-2)33(29,30)26-20-8-5-6-17(14-20)9-11-19-7-3-4-13-25-19/h3-16,26H,1-2H3,(H,27,28)/b11-9+,12-10+. The molecule has 2 aromatic carbocycles.